The lowest BCUT2D eigenvalue weighted by Crippen LogP contribution is -2.12. The van der Waals surface area contributed by atoms with Crippen LogP contribution >= 0.6 is 0 Å². The highest BCUT2D eigenvalue weighted by Crippen LogP contribution is 2.18. The van der Waals surface area contributed by atoms with Crippen LogP contribution in [0.5, 0.6) is 0 Å². The lowest BCUT2D eigenvalue weighted by molar-refractivity contribution is 0.624. The van der Waals surface area contributed by atoms with E-state index in [1.54, 1.807) is 18.3 Å². The third kappa shape index (κ3) is 3.56. The first-order valence-corrected chi connectivity index (χ1v) is 6.74. The molecule has 102 valence electrons. The van der Waals surface area contributed by atoms with E-state index in [0.717, 1.165) is 30.9 Å². The van der Waals surface area contributed by atoms with E-state index in [1.807, 2.05) is 13.1 Å². The lowest BCUT2D eigenvalue weighted by Gasteiger charge is -2.16. The Hall–Kier alpha value is -1.84. The Balaban J connectivity index is 2.04. The highest BCUT2D eigenvalue weighted by atomic mass is 19.1. The largest absolute Gasteiger partial charge is 0.349 e. The summed E-state index contributed by atoms with van der Waals surface area (Å²) in [6.45, 7) is 5.19. The Morgan fingerprint density at radius 2 is 2.05 bits per heavy atom. The summed E-state index contributed by atoms with van der Waals surface area (Å²) >= 11 is 0. The monoisotopic (exact) mass is 261 g/mol. The fourth-order valence-electron chi connectivity index (χ4n) is 1.99. The van der Waals surface area contributed by atoms with Crippen LogP contribution in [0.15, 0.2) is 36.7 Å². The molecule has 0 saturated heterocycles. The van der Waals surface area contributed by atoms with Crippen molar-refractivity contribution in [3.05, 3.63) is 48.0 Å². The van der Waals surface area contributed by atoms with Gasteiger partial charge in [0.2, 0.25) is 5.95 Å². The van der Waals surface area contributed by atoms with Crippen molar-refractivity contribution in [1.29, 1.82) is 0 Å². The molecule has 0 amide bonds. The van der Waals surface area contributed by atoms with Crippen LogP contribution in [0.1, 0.15) is 38.3 Å². The van der Waals surface area contributed by atoms with Crippen molar-refractivity contribution in [3.8, 4) is 0 Å². The molecule has 2 aromatic rings. The smallest absolute Gasteiger partial charge is 0.203 e. The second-order valence-electron chi connectivity index (χ2n) is 4.72. The summed E-state index contributed by atoms with van der Waals surface area (Å²) in [5.41, 5.74) is 1.05. The zero-order valence-corrected chi connectivity index (χ0v) is 11.4. The van der Waals surface area contributed by atoms with Gasteiger partial charge in [-0.25, -0.2) is 9.37 Å². The van der Waals surface area contributed by atoms with Crippen LogP contribution in [-0.2, 0) is 6.54 Å². The van der Waals surface area contributed by atoms with Crippen molar-refractivity contribution >= 4 is 5.95 Å². The summed E-state index contributed by atoms with van der Waals surface area (Å²) in [5.74, 6) is 0.658. The maximum atomic E-state index is 12.9. The van der Waals surface area contributed by atoms with Crippen LogP contribution in [0.4, 0.5) is 10.3 Å². The van der Waals surface area contributed by atoms with Gasteiger partial charge in [0.05, 0.1) is 6.04 Å². The first kappa shape index (κ1) is 13.6. The van der Waals surface area contributed by atoms with Gasteiger partial charge in [-0.3, -0.25) is 0 Å². The number of hydrogen-bond donors (Lipinski definition) is 1. The van der Waals surface area contributed by atoms with E-state index in [2.05, 4.69) is 21.8 Å². The van der Waals surface area contributed by atoms with Gasteiger partial charge in [-0.1, -0.05) is 25.5 Å². The van der Waals surface area contributed by atoms with Crippen LogP contribution in [0, 0.1) is 5.82 Å². The number of anilines is 1. The molecule has 4 heteroatoms. The number of hydrogen-bond acceptors (Lipinski definition) is 2. The van der Waals surface area contributed by atoms with Crippen LogP contribution in [0.3, 0.4) is 0 Å². The Morgan fingerprint density at radius 3 is 2.74 bits per heavy atom. The van der Waals surface area contributed by atoms with Gasteiger partial charge in [-0.05, 0) is 31.0 Å². The third-order valence-corrected chi connectivity index (χ3v) is 3.18. The molecule has 1 N–H and O–H groups in total. The number of aromatic nitrogens is 2. The first-order chi connectivity index (χ1) is 9.20. The minimum Gasteiger partial charge on any atom is -0.349 e. The van der Waals surface area contributed by atoms with Crippen molar-refractivity contribution in [2.75, 3.05) is 5.32 Å². The molecule has 19 heavy (non-hydrogen) atoms. The molecule has 1 unspecified atom stereocenters. The molecular formula is C15H20FN3. The molecule has 3 nitrogen and oxygen atoms in total. The topological polar surface area (TPSA) is 29.9 Å². The molecule has 0 bridgehead atoms. The van der Waals surface area contributed by atoms with Crippen molar-refractivity contribution in [2.45, 2.75) is 39.3 Å². The Bertz CT molecular complexity index is 504. The number of unbranched alkanes of at least 4 members (excludes halogenated alkanes) is 1. The van der Waals surface area contributed by atoms with E-state index in [0.29, 0.717) is 0 Å². The van der Waals surface area contributed by atoms with Crippen molar-refractivity contribution in [2.24, 2.45) is 0 Å². The molecular weight excluding hydrogens is 241 g/mol. The number of benzene rings is 1. The Kier molecular flexibility index (Phi) is 4.55. The molecule has 0 aliphatic rings. The van der Waals surface area contributed by atoms with Crippen molar-refractivity contribution < 1.29 is 4.39 Å². The average Bonchev–Trinajstić information content (AvgIpc) is 2.84. The maximum absolute atomic E-state index is 12.9. The molecule has 1 aromatic carbocycles. The van der Waals surface area contributed by atoms with Crippen molar-refractivity contribution in [1.82, 2.24) is 9.55 Å². The number of aryl methyl sites for hydroxylation is 1. The first-order valence-electron chi connectivity index (χ1n) is 6.74. The van der Waals surface area contributed by atoms with Gasteiger partial charge in [0.1, 0.15) is 5.82 Å². The fraction of sp³-hybridized carbons (Fsp3) is 0.400. The molecule has 0 aliphatic carbocycles. The predicted molar refractivity (Wildman–Crippen MR) is 75.6 cm³/mol. The van der Waals surface area contributed by atoms with E-state index in [4.69, 9.17) is 0 Å². The summed E-state index contributed by atoms with van der Waals surface area (Å²) in [5, 5.41) is 3.36. The summed E-state index contributed by atoms with van der Waals surface area (Å²) in [7, 11) is 0. The molecule has 0 saturated carbocycles. The molecule has 1 heterocycles. The van der Waals surface area contributed by atoms with Crippen LogP contribution in [0.2, 0.25) is 0 Å². The molecule has 0 aliphatic heterocycles. The summed E-state index contributed by atoms with van der Waals surface area (Å²) < 4.78 is 15.0. The molecule has 1 atom stereocenters. The summed E-state index contributed by atoms with van der Waals surface area (Å²) in [6.07, 6.45) is 6.08. The average molecular weight is 261 g/mol. The molecule has 2 rings (SSSR count). The van der Waals surface area contributed by atoms with Gasteiger partial charge >= 0.3 is 0 Å². The Labute approximate surface area is 113 Å². The third-order valence-electron chi connectivity index (χ3n) is 3.18. The normalized spacial score (nSPS) is 12.4. The highest BCUT2D eigenvalue weighted by molar-refractivity contribution is 5.32. The fourth-order valence-corrected chi connectivity index (χ4v) is 1.99. The number of nitrogens with one attached hydrogen (secondary N) is 1. The van der Waals surface area contributed by atoms with Gasteiger partial charge in [0, 0.05) is 18.9 Å². The number of halogens is 1. The second kappa shape index (κ2) is 6.36. The second-order valence-corrected chi connectivity index (χ2v) is 4.72. The standard InChI is InChI=1S/C15H20FN3/c1-3-4-10-19-11-9-17-15(19)18-12(2)13-5-7-14(16)8-6-13/h5-9,11-12H,3-4,10H2,1-2H3,(H,17,18). The zero-order chi connectivity index (χ0) is 13.7. The van der Waals surface area contributed by atoms with Gasteiger partial charge in [0.15, 0.2) is 0 Å². The van der Waals surface area contributed by atoms with E-state index >= 15 is 0 Å². The van der Waals surface area contributed by atoms with E-state index in [9.17, 15) is 4.39 Å². The van der Waals surface area contributed by atoms with E-state index in [1.165, 1.54) is 12.1 Å². The van der Waals surface area contributed by atoms with E-state index < -0.39 is 0 Å². The predicted octanol–water partition coefficient (Wildman–Crippen LogP) is 4.00. The number of imidazole rings is 1. The van der Waals surface area contributed by atoms with Crippen LogP contribution in [0.25, 0.3) is 0 Å². The maximum Gasteiger partial charge on any atom is 0.203 e. The SMILES string of the molecule is CCCCn1ccnc1NC(C)c1ccc(F)cc1. The quantitative estimate of drug-likeness (QED) is 0.852. The molecule has 0 fully saturated rings. The van der Waals surface area contributed by atoms with Gasteiger partial charge in [0.25, 0.3) is 0 Å². The number of nitrogens with zero attached hydrogens (tertiary/aromatic N) is 2. The van der Waals surface area contributed by atoms with Gasteiger partial charge in [-0.15, -0.1) is 0 Å². The molecule has 0 radical (unpaired) electrons. The van der Waals surface area contributed by atoms with Gasteiger partial charge < -0.3 is 9.88 Å². The lowest BCUT2D eigenvalue weighted by atomic mass is 10.1. The van der Waals surface area contributed by atoms with Crippen molar-refractivity contribution in [3.63, 3.8) is 0 Å². The summed E-state index contributed by atoms with van der Waals surface area (Å²) in [4.78, 5) is 4.33. The minimum absolute atomic E-state index is 0.100. The molecule has 0 spiro atoms. The summed E-state index contributed by atoms with van der Waals surface area (Å²) in [6, 6.07) is 6.66. The van der Waals surface area contributed by atoms with E-state index in [-0.39, 0.29) is 11.9 Å². The van der Waals surface area contributed by atoms with Gasteiger partial charge in [-0.2, -0.15) is 0 Å². The number of rotatable bonds is 6. The Morgan fingerprint density at radius 1 is 1.32 bits per heavy atom. The van der Waals surface area contributed by atoms with Crippen LogP contribution in [-0.4, -0.2) is 9.55 Å². The highest BCUT2D eigenvalue weighted by Gasteiger charge is 2.09. The minimum atomic E-state index is -0.208. The zero-order valence-electron chi connectivity index (χ0n) is 11.4. The molecule has 1 aromatic heterocycles. The van der Waals surface area contributed by atoms with Crippen LogP contribution < -0.4 is 5.32 Å².